The van der Waals surface area contributed by atoms with Gasteiger partial charge >= 0.3 is 0 Å². The van der Waals surface area contributed by atoms with Crippen LogP contribution in [0.3, 0.4) is 0 Å². The number of nitrogens with two attached hydrogens (primary N) is 1. The third-order valence-corrected chi connectivity index (χ3v) is 4.59. The lowest BCUT2D eigenvalue weighted by atomic mass is 9.84. The summed E-state index contributed by atoms with van der Waals surface area (Å²) < 4.78 is 0. The minimum atomic E-state index is 0. The van der Waals surface area contributed by atoms with Crippen LogP contribution in [-0.4, -0.2) is 11.9 Å². The SMILES string of the molecule is Cl.NC1C2CCC(C2)C1C(=O)NCc1ccccc1. The van der Waals surface area contributed by atoms with Crippen molar-refractivity contribution in [3.8, 4) is 0 Å². The molecule has 4 unspecified atom stereocenters. The average Bonchev–Trinajstić information content (AvgIpc) is 2.98. The summed E-state index contributed by atoms with van der Waals surface area (Å²) >= 11 is 0. The Morgan fingerprint density at radius 1 is 1.21 bits per heavy atom. The minimum absolute atomic E-state index is 0. The van der Waals surface area contributed by atoms with E-state index in [0.29, 0.717) is 18.4 Å². The molecule has 0 aliphatic heterocycles. The van der Waals surface area contributed by atoms with Gasteiger partial charge in [-0.3, -0.25) is 4.79 Å². The van der Waals surface area contributed by atoms with Gasteiger partial charge in [-0.25, -0.2) is 0 Å². The van der Waals surface area contributed by atoms with E-state index in [2.05, 4.69) is 5.32 Å². The van der Waals surface area contributed by atoms with Gasteiger partial charge in [-0.2, -0.15) is 0 Å². The zero-order chi connectivity index (χ0) is 12.5. The van der Waals surface area contributed by atoms with E-state index in [1.165, 1.54) is 12.8 Å². The van der Waals surface area contributed by atoms with Crippen LogP contribution in [0.2, 0.25) is 0 Å². The van der Waals surface area contributed by atoms with Gasteiger partial charge in [0.1, 0.15) is 0 Å². The van der Waals surface area contributed by atoms with Crippen molar-refractivity contribution in [1.82, 2.24) is 5.32 Å². The summed E-state index contributed by atoms with van der Waals surface area (Å²) in [5.41, 5.74) is 7.31. The molecule has 2 aliphatic rings. The summed E-state index contributed by atoms with van der Waals surface area (Å²) in [5, 5.41) is 3.04. The second-order valence-corrected chi connectivity index (χ2v) is 5.64. The number of fused-ring (bicyclic) bond motifs is 2. The maximum absolute atomic E-state index is 12.2. The number of carbonyl (C=O) groups is 1. The molecular weight excluding hydrogens is 260 g/mol. The fourth-order valence-corrected chi connectivity index (χ4v) is 3.63. The highest BCUT2D eigenvalue weighted by Crippen LogP contribution is 2.47. The molecule has 0 heterocycles. The van der Waals surface area contributed by atoms with Crippen LogP contribution in [0.4, 0.5) is 0 Å². The molecule has 104 valence electrons. The molecule has 2 aliphatic carbocycles. The van der Waals surface area contributed by atoms with Crippen LogP contribution < -0.4 is 11.1 Å². The van der Waals surface area contributed by atoms with Crippen LogP contribution in [0.5, 0.6) is 0 Å². The normalized spacial score (nSPS) is 31.8. The number of benzene rings is 1. The van der Waals surface area contributed by atoms with E-state index in [0.717, 1.165) is 12.0 Å². The minimum Gasteiger partial charge on any atom is -0.352 e. The number of amides is 1. The predicted octanol–water partition coefficient (Wildman–Crippen LogP) is 2.10. The van der Waals surface area contributed by atoms with Gasteiger partial charge in [-0.1, -0.05) is 30.3 Å². The van der Waals surface area contributed by atoms with E-state index in [1.54, 1.807) is 0 Å². The van der Waals surface area contributed by atoms with Crippen molar-refractivity contribution in [2.75, 3.05) is 0 Å². The second-order valence-electron chi connectivity index (χ2n) is 5.64. The fraction of sp³-hybridized carbons (Fsp3) is 0.533. The summed E-state index contributed by atoms with van der Waals surface area (Å²) in [7, 11) is 0. The van der Waals surface area contributed by atoms with Crippen molar-refractivity contribution < 1.29 is 4.79 Å². The van der Waals surface area contributed by atoms with Crippen molar-refractivity contribution >= 4 is 18.3 Å². The standard InChI is InChI=1S/C15H20N2O.ClH/c16-14-12-7-6-11(8-12)13(14)15(18)17-9-10-4-2-1-3-5-10;/h1-5,11-14H,6-9,16H2,(H,17,18);1H. The molecule has 1 aromatic carbocycles. The molecule has 1 amide bonds. The van der Waals surface area contributed by atoms with Crippen molar-refractivity contribution in [1.29, 1.82) is 0 Å². The third-order valence-electron chi connectivity index (χ3n) is 4.59. The number of hydrogen-bond acceptors (Lipinski definition) is 2. The van der Waals surface area contributed by atoms with Crippen LogP contribution in [0, 0.1) is 17.8 Å². The average molecular weight is 281 g/mol. The number of rotatable bonds is 3. The predicted molar refractivity (Wildman–Crippen MR) is 77.8 cm³/mol. The molecular formula is C15H21ClN2O. The van der Waals surface area contributed by atoms with E-state index < -0.39 is 0 Å². The van der Waals surface area contributed by atoms with Crippen molar-refractivity contribution in [3.05, 3.63) is 35.9 Å². The highest BCUT2D eigenvalue weighted by molar-refractivity contribution is 5.85. The highest BCUT2D eigenvalue weighted by atomic mass is 35.5. The lowest BCUT2D eigenvalue weighted by molar-refractivity contribution is -0.127. The fourth-order valence-electron chi connectivity index (χ4n) is 3.63. The molecule has 19 heavy (non-hydrogen) atoms. The topological polar surface area (TPSA) is 55.1 Å². The highest BCUT2D eigenvalue weighted by Gasteiger charge is 2.48. The Balaban J connectivity index is 0.00000133. The molecule has 3 nitrogen and oxygen atoms in total. The summed E-state index contributed by atoms with van der Waals surface area (Å²) in [6.45, 7) is 0.611. The molecule has 0 radical (unpaired) electrons. The Hall–Kier alpha value is -1.06. The molecule has 1 aromatic rings. The van der Waals surface area contributed by atoms with Gasteiger partial charge in [0.2, 0.25) is 5.91 Å². The molecule has 2 bridgehead atoms. The van der Waals surface area contributed by atoms with E-state index in [4.69, 9.17) is 5.73 Å². The first-order valence-corrected chi connectivity index (χ1v) is 6.83. The van der Waals surface area contributed by atoms with E-state index in [1.807, 2.05) is 30.3 Å². The van der Waals surface area contributed by atoms with Gasteiger partial charge in [-0.05, 0) is 36.7 Å². The third kappa shape index (κ3) is 2.77. The smallest absolute Gasteiger partial charge is 0.225 e. The Labute approximate surface area is 120 Å². The first kappa shape index (κ1) is 14.4. The number of nitrogens with one attached hydrogen (secondary N) is 1. The quantitative estimate of drug-likeness (QED) is 0.891. The molecule has 0 aromatic heterocycles. The monoisotopic (exact) mass is 280 g/mol. The largest absolute Gasteiger partial charge is 0.352 e. The maximum Gasteiger partial charge on any atom is 0.225 e. The van der Waals surface area contributed by atoms with Crippen LogP contribution in [0.25, 0.3) is 0 Å². The molecule has 4 atom stereocenters. The summed E-state index contributed by atoms with van der Waals surface area (Å²) in [6.07, 6.45) is 3.56. The molecule has 0 saturated heterocycles. The molecule has 3 N–H and O–H groups in total. The molecule has 4 heteroatoms. The van der Waals surface area contributed by atoms with Crippen LogP contribution in [0.15, 0.2) is 30.3 Å². The Morgan fingerprint density at radius 3 is 2.53 bits per heavy atom. The van der Waals surface area contributed by atoms with E-state index >= 15 is 0 Å². The zero-order valence-corrected chi connectivity index (χ0v) is 11.7. The van der Waals surface area contributed by atoms with Crippen LogP contribution in [-0.2, 0) is 11.3 Å². The lowest BCUT2D eigenvalue weighted by Gasteiger charge is -2.27. The van der Waals surface area contributed by atoms with Gasteiger partial charge in [0.25, 0.3) is 0 Å². The lowest BCUT2D eigenvalue weighted by Crippen LogP contribution is -2.45. The van der Waals surface area contributed by atoms with E-state index in [-0.39, 0.29) is 30.3 Å². The van der Waals surface area contributed by atoms with Gasteiger partial charge < -0.3 is 11.1 Å². The molecule has 2 fully saturated rings. The summed E-state index contributed by atoms with van der Waals surface area (Å²) in [4.78, 5) is 12.2. The second kappa shape index (κ2) is 5.93. The van der Waals surface area contributed by atoms with Crippen molar-refractivity contribution in [3.63, 3.8) is 0 Å². The Bertz CT molecular complexity index is 435. The first-order chi connectivity index (χ1) is 8.75. The van der Waals surface area contributed by atoms with Crippen LogP contribution >= 0.6 is 12.4 Å². The zero-order valence-electron chi connectivity index (χ0n) is 10.9. The first-order valence-electron chi connectivity index (χ1n) is 6.83. The molecule has 2 saturated carbocycles. The van der Waals surface area contributed by atoms with Gasteiger partial charge in [0.05, 0.1) is 5.92 Å². The molecule has 0 spiro atoms. The van der Waals surface area contributed by atoms with E-state index in [9.17, 15) is 4.79 Å². The Morgan fingerprint density at radius 2 is 1.89 bits per heavy atom. The molecule has 3 rings (SSSR count). The van der Waals surface area contributed by atoms with Crippen molar-refractivity contribution in [2.45, 2.75) is 31.8 Å². The number of carbonyl (C=O) groups excluding carboxylic acids is 1. The van der Waals surface area contributed by atoms with Gasteiger partial charge in [0.15, 0.2) is 0 Å². The van der Waals surface area contributed by atoms with Crippen LogP contribution in [0.1, 0.15) is 24.8 Å². The summed E-state index contributed by atoms with van der Waals surface area (Å²) in [5.74, 6) is 1.31. The number of halogens is 1. The van der Waals surface area contributed by atoms with Crippen molar-refractivity contribution in [2.24, 2.45) is 23.5 Å². The van der Waals surface area contributed by atoms with Gasteiger partial charge in [0, 0.05) is 12.6 Å². The van der Waals surface area contributed by atoms with Gasteiger partial charge in [-0.15, -0.1) is 12.4 Å². The maximum atomic E-state index is 12.2. The Kier molecular flexibility index (Phi) is 4.48. The number of hydrogen-bond donors (Lipinski definition) is 2. The summed E-state index contributed by atoms with van der Waals surface area (Å²) in [6, 6.07) is 10.1.